The van der Waals surface area contributed by atoms with Crippen LogP contribution in [0.4, 0.5) is 5.69 Å². The van der Waals surface area contributed by atoms with Crippen molar-refractivity contribution < 1.29 is 8.42 Å². The molecule has 118 valence electrons. The Balaban J connectivity index is 2.73. The zero-order valence-corrected chi connectivity index (χ0v) is 14.0. The second-order valence-electron chi connectivity index (χ2n) is 5.96. The number of hydrogen-bond donors (Lipinski definition) is 3. The molecule has 0 saturated heterocycles. The summed E-state index contributed by atoms with van der Waals surface area (Å²) in [6.07, 6.45) is 1.12. The normalized spacial score (nSPS) is 13.3. The van der Waals surface area contributed by atoms with Crippen molar-refractivity contribution in [3.63, 3.8) is 0 Å². The zero-order valence-electron chi connectivity index (χ0n) is 13.2. The minimum absolute atomic E-state index is 0.240. The summed E-state index contributed by atoms with van der Waals surface area (Å²) >= 11 is 0. The highest BCUT2D eigenvalue weighted by Crippen LogP contribution is 2.13. The van der Waals surface area contributed by atoms with Gasteiger partial charge in [-0.15, -0.1) is 0 Å². The number of nitrogens with two attached hydrogens (primary N) is 1. The largest absolute Gasteiger partial charge is 0.370 e. The monoisotopic (exact) mass is 312 g/mol. The number of sulfonamides is 1. The maximum Gasteiger partial charge on any atom is 0.209 e. The van der Waals surface area contributed by atoms with E-state index in [4.69, 9.17) is 5.73 Å². The van der Waals surface area contributed by atoms with Gasteiger partial charge in [-0.25, -0.2) is 13.1 Å². The van der Waals surface area contributed by atoms with Gasteiger partial charge in [0.05, 0.1) is 12.8 Å². The van der Waals surface area contributed by atoms with Crippen LogP contribution in [-0.2, 0) is 10.0 Å². The van der Waals surface area contributed by atoms with Crippen molar-refractivity contribution in [2.75, 3.05) is 18.1 Å². The number of anilines is 1. The van der Waals surface area contributed by atoms with Crippen LogP contribution in [0, 0.1) is 13.8 Å². The van der Waals surface area contributed by atoms with Crippen LogP contribution < -0.4 is 15.8 Å². The SMILES string of the molecule is Cc1cc(C)cc(NC(N)=NCC(C)(C)NS(C)(=O)=O)c1. The maximum absolute atomic E-state index is 11.3. The van der Waals surface area contributed by atoms with E-state index in [0.29, 0.717) is 0 Å². The van der Waals surface area contributed by atoms with Gasteiger partial charge in [-0.3, -0.25) is 4.99 Å². The molecule has 0 saturated carbocycles. The Hall–Kier alpha value is -1.60. The number of guanidine groups is 1. The fourth-order valence-corrected chi connectivity index (χ4v) is 3.12. The van der Waals surface area contributed by atoms with Crippen LogP contribution in [0.5, 0.6) is 0 Å². The average Bonchev–Trinajstić information content (AvgIpc) is 2.21. The lowest BCUT2D eigenvalue weighted by atomic mass is 10.1. The van der Waals surface area contributed by atoms with Gasteiger partial charge >= 0.3 is 0 Å². The highest BCUT2D eigenvalue weighted by atomic mass is 32.2. The molecule has 0 radical (unpaired) electrons. The van der Waals surface area contributed by atoms with Crippen molar-refractivity contribution in [1.82, 2.24) is 4.72 Å². The summed E-state index contributed by atoms with van der Waals surface area (Å²) in [5, 5.41) is 3.01. The summed E-state index contributed by atoms with van der Waals surface area (Å²) in [6, 6.07) is 6.00. The Bertz CT molecular complexity index is 616. The lowest BCUT2D eigenvalue weighted by Crippen LogP contribution is -2.45. The Labute approximate surface area is 126 Å². The molecule has 0 aromatic heterocycles. The summed E-state index contributed by atoms with van der Waals surface area (Å²) in [6.45, 7) is 7.75. The fourth-order valence-electron chi connectivity index (χ4n) is 2.05. The Morgan fingerprint density at radius 1 is 1.24 bits per heavy atom. The maximum atomic E-state index is 11.3. The van der Waals surface area contributed by atoms with Gasteiger partial charge in [-0.05, 0) is 51.0 Å². The number of hydrogen-bond acceptors (Lipinski definition) is 3. The number of aryl methyl sites for hydroxylation is 2. The molecule has 1 rings (SSSR count). The molecule has 0 bridgehead atoms. The molecule has 1 aromatic rings. The Morgan fingerprint density at radius 3 is 2.24 bits per heavy atom. The molecule has 1 aromatic carbocycles. The molecule has 0 aliphatic carbocycles. The summed E-state index contributed by atoms with van der Waals surface area (Å²) in [7, 11) is -3.28. The molecule has 0 atom stereocenters. The summed E-state index contributed by atoms with van der Waals surface area (Å²) in [5.74, 6) is 0.253. The third kappa shape index (κ3) is 7.10. The topological polar surface area (TPSA) is 96.6 Å². The smallest absolute Gasteiger partial charge is 0.209 e. The second kappa shape index (κ2) is 6.44. The van der Waals surface area contributed by atoms with Gasteiger partial charge in [0.25, 0.3) is 0 Å². The van der Waals surface area contributed by atoms with E-state index in [-0.39, 0.29) is 12.5 Å². The molecule has 4 N–H and O–H groups in total. The first kappa shape index (κ1) is 17.5. The third-order valence-corrected chi connectivity index (χ3v) is 3.52. The molecular weight excluding hydrogens is 288 g/mol. The Morgan fingerprint density at radius 2 is 1.76 bits per heavy atom. The predicted molar refractivity (Wildman–Crippen MR) is 88.1 cm³/mol. The molecular formula is C14H24N4O2S. The summed E-state index contributed by atoms with van der Waals surface area (Å²) < 4.78 is 25.0. The minimum Gasteiger partial charge on any atom is -0.370 e. The highest BCUT2D eigenvalue weighted by molar-refractivity contribution is 7.88. The fraction of sp³-hybridized carbons (Fsp3) is 0.500. The number of rotatable bonds is 5. The lowest BCUT2D eigenvalue weighted by Gasteiger charge is -2.23. The van der Waals surface area contributed by atoms with Gasteiger partial charge in [-0.1, -0.05) is 6.07 Å². The molecule has 0 heterocycles. The van der Waals surface area contributed by atoms with Crippen molar-refractivity contribution in [3.8, 4) is 0 Å². The first-order chi connectivity index (χ1) is 9.47. The van der Waals surface area contributed by atoms with E-state index in [0.717, 1.165) is 23.1 Å². The van der Waals surface area contributed by atoms with Crippen LogP contribution in [-0.4, -0.2) is 32.7 Å². The van der Waals surface area contributed by atoms with E-state index in [9.17, 15) is 8.42 Å². The third-order valence-electron chi connectivity index (χ3n) is 2.60. The highest BCUT2D eigenvalue weighted by Gasteiger charge is 2.21. The van der Waals surface area contributed by atoms with Gasteiger partial charge in [0, 0.05) is 11.2 Å². The number of aliphatic imine (C=N–C) groups is 1. The van der Waals surface area contributed by atoms with Crippen LogP contribution in [0.2, 0.25) is 0 Å². The average molecular weight is 312 g/mol. The standard InChI is InChI=1S/C14H24N4O2S/c1-10-6-11(2)8-12(7-10)17-13(15)16-9-14(3,4)18-21(5,19)20/h6-8,18H,9H2,1-5H3,(H3,15,16,17). The zero-order chi connectivity index (χ0) is 16.3. The summed E-state index contributed by atoms with van der Waals surface area (Å²) in [4.78, 5) is 4.19. The van der Waals surface area contributed by atoms with Crippen LogP contribution >= 0.6 is 0 Å². The number of nitrogens with zero attached hydrogens (tertiary/aromatic N) is 1. The number of nitrogens with one attached hydrogen (secondary N) is 2. The van der Waals surface area contributed by atoms with Crippen LogP contribution in [0.3, 0.4) is 0 Å². The molecule has 21 heavy (non-hydrogen) atoms. The van der Waals surface area contributed by atoms with Crippen molar-refractivity contribution in [2.45, 2.75) is 33.2 Å². The van der Waals surface area contributed by atoms with Gasteiger partial charge in [0.1, 0.15) is 0 Å². The number of benzene rings is 1. The van der Waals surface area contributed by atoms with E-state index in [1.807, 2.05) is 26.0 Å². The van der Waals surface area contributed by atoms with Gasteiger partial charge in [0.15, 0.2) is 5.96 Å². The van der Waals surface area contributed by atoms with E-state index in [2.05, 4.69) is 21.1 Å². The van der Waals surface area contributed by atoms with E-state index >= 15 is 0 Å². The molecule has 0 unspecified atom stereocenters. The molecule has 7 heteroatoms. The van der Waals surface area contributed by atoms with Crippen LogP contribution in [0.25, 0.3) is 0 Å². The van der Waals surface area contributed by atoms with Crippen LogP contribution in [0.15, 0.2) is 23.2 Å². The van der Waals surface area contributed by atoms with E-state index < -0.39 is 15.6 Å². The molecule has 0 amide bonds. The molecule has 0 spiro atoms. The predicted octanol–water partition coefficient (Wildman–Crippen LogP) is 1.36. The lowest BCUT2D eigenvalue weighted by molar-refractivity contribution is 0.466. The van der Waals surface area contributed by atoms with E-state index in [1.165, 1.54) is 0 Å². The summed E-state index contributed by atoms with van der Waals surface area (Å²) in [5.41, 5.74) is 8.27. The molecule has 0 fully saturated rings. The molecule has 6 nitrogen and oxygen atoms in total. The molecule has 0 aliphatic heterocycles. The van der Waals surface area contributed by atoms with Crippen molar-refractivity contribution in [2.24, 2.45) is 10.7 Å². The second-order valence-corrected chi connectivity index (χ2v) is 7.71. The first-order valence-corrected chi connectivity index (χ1v) is 8.50. The van der Waals surface area contributed by atoms with Gasteiger partial charge in [0.2, 0.25) is 10.0 Å². The van der Waals surface area contributed by atoms with Gasteiger partial charge in [-0.2, -0.15) is 0 Å². The Kier molecular flexibility index (Phi) is 5.36. The quantitative estimate of drug-likeness (QED) is 0.565. The van der Waals surface area contributed by atoms with Crippen molar-refractivity contribution in [3.05, 3.63) is 29.3 Å². The first-order valence-electron chi connectivity index (χ1n) is 6.61. The van der Waals surface area contributed by atoms with Gasteiger partial charge < -0.3 is 11.1 Å². The van der Waals surface area contributed by atoms with Crippen LogP contribution in [0.1, 0.15) is 25.0 Å². The van der Waals surface area contributed by atoms with Crippen molar-refractivity contribution >= 4 is 21.7 Å². The minimum atomic E-state index is -3.28. The van der Waals surface area contributed by atoms with E-state index in [1.54, 1.807) is 13.8 Å². The molecule has 0 aliphatic rings. The van der Waals surface area contributed by atoms with Crippen molar-refractivity contribution in [1.29, 1.82) is 0 Å².